The van der Waals surface area contributed by atoms with Crippen LogP contribution in [0.25, 0.3) is 0 Å². The normalized spacial score (nSPS) is 14.4. The predicted molar refractivity (Wildman–Crippen MR) is 141 cm³/mol. The Balaban J connectivity index is 1.52. The molecule has 1 aliphatic heterocycles. The molecule has 3 aromatic rings. The second-order valence-corrected chi connectivity index (χ2v) is 11.4. The quantitative estimate of drug-likeness (QED) is 0.405. The van der Waals surface area contributed by atoms with Gasteiger partial charge in [0.05, 0.1) is 11.6 Å². The van der Waals surface area contributed by atoms with Gasteiger partial charge in [-0.05, 0) is 42.0 Å². The van der Waals surface area contributed by atoms with Gasteiger partial charge in [-0.1, -0.05) is 71.2 Å². The van der Waals surface area contributed by atoms with E-state index in [-0.39, 0.29) is 33.9 Å². The van der Waals surface area contributed by atoms with Crippen LogP contribution in [0, 0.1) is 0 Å². The summed E-state index contributed by atoms with van der Waals surface area (Å²) in [6, 6.07) is 21.0. The lowest BCUT2D eigenvalue weighted by Crippen LogP contribution is -2.51. The number of nitrogens with zero attached hydrogens (tertiary/aromatic N) is 3. The Bertz CT molecular complexity index is 1300. The van der Waals surface area contributed by atoms with Crippen LogP contribution in [0.5, 0.6) is 0 Å². The summed E-state index contributed by atoms with van der Waals surface area (Å²) in [7, 11) is -4.10. The van der Waals surface area contributed by atoms with E-state index in [1.807, 2.05) is 54.6 Å². The highest BCUT2D eigenvalue weighted by Crippen LogP contribution is 2.29. The van der Waals surface area contributed by atoms with E-state index in [0.29, 0.717) is 31.2 Å². The highest BCUT2D eigenvalue weighted by molar-refractivity contribution is 7.89. The minimum atomic E-state index is -4.10. The van der Waals surface area contributed by atoms with Gasteiger partial charge in [-0.2, -0.15) is 4.31 Å². The Hall–Kier alpha value is -2.29. The molecule has 3 aromatic carbocycles. The van der Waals surface area contributed by atoms with Crippen molar-refractivity contribution in [3.8, 4) is 0 Å². The summed E-state index contributed by atoms with van der Waals surface area (Å²) in [6.07, 6.45) is 0. The standard InChI is InChI=1S/C25H24Cl3N3O3S/c26-20-7-4-8-22(15-20)29-11-13-30(14-12-29)25(32)18-31(17-19-5-2-1-3-6-19)35(33,34)24-16-21(27)9-10-23(24)28/h1-10,15-16H,11-14,17-18H2. The van der Waals surface area contributed by atoms with Gasteiger partial charge in [0.1, 0.15) is 4.90 Å². The van der Waals surface area contributed by atoms with Crippen LogP contribution in [-0.4, -0.2) is 56.3 Å². The van der Waals surface area contributed by atoms with Gasteiger partial charge < -0.3 is 9.80 Å². The number of anilines is 1. The zero-order chi connectivity index (χ0) is 25.0. The first kappa shape index (κ1) is 25.8. The number of carbonyl (C=O) groups excluding carboxylic acids is 1. The van der Waals surface area contributed by atoms with Gasteiger partial charge in [0.2, 0.25) is 15.9 Å². The van der Waals surface area contributed by atoms with Crippen molar-refractivity contribution >= 4 is 56.4 Å². The van der Waals surface area contributed by atoms with Crippen molar-refractivity contribution in [2.75, 3.05) is 37.6 Å². The van der Waals surface area contributed by atoms with E-state index in [1.165, 1.54) is 18.2 Å². The molecular formula is C25H24Cl3N3O3S. The van der Waals surface area contributed by atoms with Crippen LogP contribution in [-0.2, 0) is 21.4 Å². The highest BCUT2D eigenvalue weighted by Gasteiger charge is 2.31. The Morgan fingerprint density at radius 1 is 0.829 bits per heavy atom. The van der Waals surface area contributed by atoms with Crippen LogP contribution in [0.2, 0.25) is 15.1 Å². The zero-order valence-corrected chi connectivity index (χ0v) is 21.9. The third kappa shape index (κ3) is 6.29. The third-order valence-electron chi connectivity index (χ3n) is 5.83. The predicted octanol–water partition coefficient (Wildman–Crippen LogP) is 5.19. The molecule has 10 heteroatoms. The average molecular weight is 553 g/mol. The Morgan fingerprint density at radius 3 is 2.20 bits per heavy atom. The van der Waals surface area contributed by atoms with Gasteiger partial charge >= 0.3 is 0 Å². The van der Waals surface area contributed by atoms with E-state index >= 15 is 0 Å². The van der Waals surface area contributed by atoms with Crippen LogP contribution >= 0.6 is 34.8 Å². The third-order valence-corrected chi connectivity index (χ3v) is 8.57. The molecule has 0 radical (unpaired) electrons. The van der Waals surface area contributed by atoms with Gasteiger partial charge in [0.25, 0.3) is 0 Å². The topological polar surface area (TPSA) is 60.9 Å². The fourth-order valence-corrected chi connectivity index (χ4v) is 6.26. The fraction of sp³-hybridized carbons (Fsp3) is 0.240. The molecule has 1 amide bonds. The van der Waals surface area contributed by atoms with Crippen molar-refractivity contribution in [2.45, 2.75) is 11.4 Å². The molecule has 0 aromatic heterocycles. The molecule has 0 saturated carbocycles. The monoisotopic (exact) mass is 551 g/mol. The molecule has 1 fully saturated rings. The summed E-state index contributed by atoms with van der Waals surface area (Å²) in [4.78, 5) is 17.0. The second kappa shape index (κ2) is 11.2. The first-order valence-corrected chi connectivity index (χ1v) is 13.6. The van der Waals surface area contributed by atoms with Gasteiger partial charge in [-0.25, -0.2) is 8.42 Å². The van der Waals surface area contributed by atoms with E-state index in [2.05, 4.69) is 4.90 Å². The van der Waals surface area contributed by atoms with Crippen molar-refractivity contribution in [1.82, 2.24) is 9.21 Å². The van der Waals surface area contributed by atoms with Gasteiger partial charge in [0.15, 0.2) is 0 Å². The molecule has 184 valence electrons. The molecule has 0 spiro atoms. The Kier molecular flexibility index (Phi) is 8.24. The van der Waals surface area contributed by atoms with E-state index in [4.69, 9.17) is 34.8 Å². The largest absolute Gasteiger partial charge is 0.368 e. The number of sulfonamides is 1. The lowest BCUT2D eigenvalue weighted by molar-refractivity contribution is -0.131. The number of carbonyl (C=O) groups is 1. The molecule has 0 aliphatic carbocycles. The van der Waals surface area contributed by atoms with Crippen LogP contribution in [0.1, 0.15) is 5.56 Å². The molecule has 0 bridgehead atoms. The molecule has 0 atom stereocenters. The minimum absolute atomic E-state index is 0.0280. The molecular weight excluding hydrogens is 529 g/mol. The summed E-state index contributed by atoms with van der Waals surface area (Å²) in [5.41, 5.74) is 1.75. The molecule has 1 aliphatic rings. The van der Waals surface area contributed by atoms with Gasteiger partial charge in [0, 0.05) is 48.5 Å². The lowest BCUT2D eigenvalue weighted by atomic mass is 10.2. The van der Waals surface area contributed by atoms with E-state index in [1.54, 1.807) is 4.90 Å². The average Bonchev–Trinajstić information content (AvgIpc) is 2.85. The summed E-state index contributed by atoms with van der Waals surface area (Å²) >= 11 is 18.4. The van der Waals surface area contributed by atoms with Crippen molar-refractivity contribution in [2.24, 2.45) is 0 Å². The second-order valence-electron chi connectivity index (χ2n) is 8.18. The number of rotatable bonds is 7. The number of benzene rings is 3. The first-order valence-electron chi connectivity index (χ1n) is 11.0. The Labute approximate surface area is 220 Å². The van der Waals surface area contributed by atoms with Gasteiger partial charge in [-0.15, -0.1) is 0 Å². The van der Waals surface area contributed by atoms with Crippen molar-refractivity contribution in [3.63, 3.8) is 0 Å². The van der Waals surface area contributed by atoms with Crippen molar-refractivity contribution < 1.29 is 13.2 Å². The smallest absolute Gasteiger partial charge is 0.245 e. The van der Waals surface area contributed by atoms with Gasteiger partial charge in [-0.3, -0.25) is 4.79 Å². The van der Waals surface area contributed by atoms with Crippen molar-refractivity contribution in [1.29, 1.82) is 0 Å². The van der Waals surface area contributed by atoms with Crippen molar-refractivity contribution in [3.05, 3.63) is 93.4 Å². The molecule has 1 saturated heterocycles. The number of hydrogen-bond acceptors (Lipinski definition) is 4. The number of halogens is 3. The van der Waals surface area contributed by atoms with Crippen LogP contribution in [0.4, 0.5) is 5.69 Å². The first-order chi connectivity index (χ1) is 16.7. The number of hydrogen-bond donors (Lipinski definition) is 0. The maximum absolute atomic E-state index is 13.6. The van der Waals surface area contributed by atoms with Crippen LogP contribution in [0.15, 0.2) is 77.7 Å². The molecule has 1 heterocycles. The molecule has 35 heavy (non-hydrogen) atoms. The van der Waals surface area contributed by atoms with Crippen LogP contribution < -0.4 is 4.90 Å². The maximum atomic E-state index is 13.6. The number of piperazine rings is 1. The maximum Gasteiger partial charge on any atom is 0.245 e. The summed E-state index contributed by atoms with van der Waals surface area (Å²) in [5, 5.41) is 0.952. The number of amides is 1. The molecule has 6 nitrogen and oxygen atoms in total. The fourth-order valence-electron chi connectivity index (χ4n) is 3.96. The summed E-state index contributed by atoms with van der Waals surface area (Å²) in [6.45, 7) is 1.91. The molecule has 0 N–H and O–H groups in total. The highest BCUT2D eigenvalue weighted by atomic mass is 35.5. The molecule has 4 rings (SSSR count). The van der Waals surface area contributed by atoms with Crippen LogP contribution in [0.3, 0.4) is 0 Å². The SMILES string of the molecule is O=C(CN(Cc1ccccc1)S(=O)(=O)c1cc(Cl)ccc1Cl)N1CCN(c2cccc(Cl)c2)CC1. The summed E-state index contributed by atoms with van der Waals surface area (Å²) < 4.78 is 28.3. The van der Waals surface area contributed by atoms with E-state index < -0.39 is 10.0 Å². The Morgan fingerprint density at radius 2 is 1.51 bits per heavy atom. The minimum Gasteiger partial charge on any atom is -0.368 e. The summed E-state index contributed by atoms with van der Waals surface area (Å²) in [5.74, 6) is -0.270. The lowest BCUT2D eigenvalue weighted by Gasteiger charge is -2.37. The van der Waals surface area contributed by atoms with E-state index in [9.17, 15) is 13.2 Å². The van der Waals surface area contributed by atoms with E-state index in [0.717, 1.165) is 15.6 Å². The molecule has 0 unspecified atom stereocenters. The zero-order valence-electron chi connectivity index (χ0n) is 18.8.